The second kappa shape index (κ2) is 6.75. The quantitative estimate of drug-likeness (QED) is 0.824. The average molecular weight is 280 g/mol. The molecule has 0 aliphatic carbocycles. The van der Waals surface area contributed by atoms with Gasteiger partial charge in [0.15, 0.2) is 0 Å². The summed E-state index contributed by atoms with van der Waals surface area (Å²) in [6.45, 7) is 1.29. The number of carbonyl (C=O) groups excluding carboxylic acids is 1. The molecule has 0 unspecified atom stereocenters. The van der Waals surface area contributed by atoms with Crippen LogP contribution in [0, 0.1) is 0 Å². The molecule has 1 heterocycles. The molecule has 0 atom stereocenters. The number of rotatable bonds is 5. The van der Waals surface area contributed by atoms with Crippen molar-refractivity contribution in [3.8, 4) is 0 Å². The van der Waals surface area contributed by atoms with Gasteiger partial charge in [-0.25, -0.2) is 9.78 Å². The van der Waals surface area contributed by atoms with Crippen molar-refractivity contribution >= 4 is 23.3 Å². The predicted molar refractivity (Wildman–Crippen MR) is 73.1 cm³/mol. The zero-order valence-corrected chi connectivity index (χ0v) is 11.0. The summed E-state index contributed by atoms with van der Waals surface area (Å²) in [6.07, 6.45) is 3.92. The second-order valence-electron chi connectivity index (χ2n) is 3.90. The average Bonchev–Trinajstić information content (AvgIpc) is 2.91. The summed E-state index contributed by atoms with van der Waals surface area (Å²) >= 11 is 5.76. The lowest BCUT2D eigenvalue weighted by molar-refractivity contribution is 0.251. The summed E-state index contributed by atoms with van der Waals surface area (Å²) in [5.41, 5.74) is 0.707. The molecule has 2 rings (SSSR count). The van der Waals surface area contributed by atoms with Gasteiger partial charge >= 0.3 is 6.03 Å². The van der Waals surface area contributed by atoms with E-state index in [1.165, 1.54) is 6.33 Å². The van der Waals surface area contributed by atoms with Crippen molar-refractivity contribution in [1.82, 2.24) is 20.1 Å². The lowest BCUT2D eigenvalue weighted by atomic mass is 10.3. The van der Waals surface area contributed by atoms with E-state index >= 15 is 0 Å². The number of halogens is 1. The Labute approximate surface area is 115 Å². The standard InChI is InChI=1S/C12H14ClN5O/c13-10-2-4-11(5-3-10)17-12(19)15-6-1-7-18-9-14-8-16-18/h2-5,8-9H,1,6-7H2,(H2,15,17,19). The number of hydrogen-bond acceptors (Lipinski definition) is 3. The lowest BCUT2D eigenvalue weighted by Crippen LogP contribution is -2.30. The van der Waals surface area contributed by atoms with Gasteiger partial charge in [-0.2, -0.15) is 5.10 Å². The SMILES string of the molecule is O=C(NCCCn1cncn1)Nc1ccc(Cl)cc1. The number of nitrogens with one attached hydrogen (secondary N) is 2. The van der Waals surface area contributed by atoms with Gasteiger partial charge in [-0.15, -0.1) is 0 Å². The van der Waals surface area contributed by atoms with E-state index < -0.39 is 0 Å². The van der Waals surface area contributed by atoms with Gasteiger partial charge in [-0.05, 0) is 30.7 Å². The maximum absolute atomic E-state index is 11.6. The molecule has 0 aliphatic rings. The van der Waals surface area contributed by atoms with E-state index in [1.807, 2.05) is 0 Å². The van der Waals surface area contributed by atoms with Crippen LogP contribution >= 0.6 is 11.6 Å². The molecule has 0 saturated carbocycles. The zero-order valence-electron chi connectivity index (χ0n) is 10.2. The lowest BCUT2D eigenvalue weighted by Gasteiger charge is -2.07. The number of aromatic nitrogens is 3. The highest BCUT2D eigenvalue weighted by Gasteiger charge is 2.00. The Balaban J connectivity index is 1.65. The molecular weight excluding hydrogens is 266 g/mol. The number of amides is 2. The number of aryl methyl sites for hydroxylation is 1. The van der Waals surface area contributed by atoms with Gasteiger partial charge in [0.05, 0.1) is 0 Å². The van der Waals surface area contributed by atoms with Crippen LogP contribution in [0.25, 0.3) is 0 Å². The number of hydrogen-bond donors (Lipinski definition) is 2. The molecular formula is C12H14ClN5O. The summed E-state index contributed by atoms with van der Waals surface area (Å²) in [7, 11) is 0. The number of anilines is 1. The molecule has 19 heavy (non-hydrogen) atoms. The molecule has 7 heteroatoms. The number of nitrogens with zero attached hydrogens (tertiary/aromatic N) is 3. The smallest absolute Gasteiger partial charge is 0.319 e. The second-order valence-corrected chi connectivity index (χ2v) is 4.34. The van der Waals surface area contributed by atoms with Crippen molar-refractivity contribution in [3.63, 3.8) is 0 Å². The molecule has 0 spiro atoms. The number of carbonyl (C=O) groups is 1. The Bertz CT molecular complexity index is 511. The summed E-state index contributed by atoms with van der Waals surface area (Å²) in [6, 6.07) is 6.71. The maximum atomic E-state index is 11.6. The van der Waals surface area contributed by atoms with Crippen LogP contribution in [0.3, 0.4) is 0 Å². The van der Waals surface area contributed by atoms with E-state index in [-0.39, 0.29) is 6.03 Å². The Kier molecular flexibility index (Phi) is 4.74. The van der Waals surface area contributed by atoms with E-state index in [4.69, 9.17) is 11.6 Å². The fraction of sp³-hybridized carbons (Fsp3) is 0.250. The molecule has 0 aliphatic heterocycles. The molecule has 2 aromatic rings. The molecule has 0 saturated heterocycles. The Hall–Kier alpha value is -2.08. The monoisotopic (exact) mass is 279 g/mol. The van der Waals surface area contributed by atoms with E-state index in [1.54, 1.807) is 35.3 Å². The first-order valence-electron chi connectivity index (χ1n) is 5.87. The van der Waals surface area contributed by atoms with Gasteiger partial charge in [0.2, 0.25) is 0 Å². The van der Waals surface area contributed by atoms with Crippen LogP contribution in [0.1, 0.15) is 6.42 Å². The van der Waals surface area contributed by atoms with Crippen molar-refractivity contribution in [2.45, 2.75) is 13.0 Å². The van der Waals surface area contributed by atoms with E-state index in [0.717, 1.165) is 13.0 Å². The topological polar surface area (TPSA) is 71.8 Å². The van der Waals surface area contributed by atoms with Gasteiger partial charge in [0.25, 0.3) is 0 Å². The van der Waals surface area contributed by atoms with Gasteiger partial charge in [-0.3, -0.25) is 4.68 Å². The van der Waals surface area contributed by atoms with E-state index in [0.29, 0.717) is 17.3 Å². The minimum Gasteiger partial charge on any atom is -0.338 e. The van der Waals surface area contributed by atoms with Crippen LogP contribution in [-0.4, -0.2) is 27.3 Å². The Morgan fingerprint density at radius 2 is 2.11 bits per heavy atom. The van der Waals surface area contributed by atoms with Gasteiger partial charge in [0, 0.05) is 23.8 Å². The third kappa shape index (κ3) is 4.59. The maximum Gasteiger partial charge on any atom is 0.319 e. The zero-order chi connectivity index (χ0) is 13.5. The molecule has 1 aromatic carbocycles. The van der Waals surface area contributed by atoms with Crippen molar-refractivity contribution in [1.29, 1.82) is 0 Å². The van der Waals surface area contributed by atoms with Crippen molar-refractivity contribution in [2.75, 3.05) is 11.9 Å². The number of urea groups is 1. The molecule has 0 bridgehead atoms. The first-order chi connectivity index (χ1) is 9.24. The van der Waals surface area contributed by atoms with Crippen molar-refractivity contribution in [2.24, 2.45) is 0 Å². The highest BCUT2D eigenvalue weighted by atomic mass is 35.5. The van der Waals surface area contributed by atoms with Crippen molar-refractivity contribution in [3.05, 3.63) is 41.9 Å². The Morgan fingerprint density at radius 1 is 1.32 bits per heavy atom. The van der Waals surface area contributed by atoms with E-state index in [2.05, 4.69) is 20.7 Å². The van der Waals surface area contributed by atoms with Crippen LogP contribution in [-0.2, 0) is 6.54 Å². The van der Waals surface area contributed by atoms with Crippen LogP contribution in [0.4, 0.5) is 10.5 Å². The van der Waals surface area contributed by atoms with Gasteiger partial charge < -0.3 is 10.6 Å². The summed E-state index contributed by atoms with van der Waals surface area (Å²) < 4.78 is 1.72. The fourth-order valence-electron chi connectivity index (χ4n) is 1.50. The van der Waals surface area contributed by atoms with Crippen LogP contribution in [0.5, 0.6) is 0 Å². The summed E-state index contributed by atoms with van der Waals surface area (Å²) in [5.74, 6) is 0. The minimum atomic E-state index is -0.235. The largest absolute Gasteiger partial charge is 0.338 e. The van der Waals surface area contributed by atoms with Crippen LogP contribution < -0.4 is 10.6 Å². The van der Waals surface area contributed by atoms with Gasteiger partial charge in [0.1, 0.15) is 12.7 Å². The highest BCUT2D eigenvalue weighted by molar-refractivity contribution is 6.30. The third-order valence-corrected chi connectivity index (χ3v) is 2.67. The molecule has 1 aromatic heterocycles. The molecule has 2 N–H and O–H groups in total. The molecule has 2 amide bonds. The first-order valence-corrected chi connectivity index (χ1v) is 6.25. The molecule has 100 valence electrons. The van der Waals surface area contributed by atoms with Crippen LogP contribution in [0.2, 0.25) is 5.02 Å². The fourth-order valence-corrected chi connectivity index (χ4v) is 1.63. The molecule has 0 radical (unpaired) electrons. The highest BCUT2D eigenvalue weighted by Crippen LogP contribution is 2.12. The third-order valence-electron chi connectivity index (χ3n) is 2.42. The van der Waals surface area contributed by atoms with Crippen LogP contribution in [0.15, 0.2) is 36.9 Å². The normalized spacial score (nSPS) is 10.2. The molecule has 0 fully saturated rings. The minimum absolute atomic E-state index is 0.235. The summed E-state index contributed by atoms with van der Waals surface area (Å²) in [5, 5.41) is 10.1. The predicted octanol–water partition coefficient (Wildman–Crippen LogP) is 2.14. The molecule has 6 nitrogen and oxygen atoms in total. The first kappa shape index (κ1) is 13.4. The Morgan fingerprint density at radius 3 is 2.79 bits per heavy atom. The van der Waals surface area contributed by atoms with Gasteiger partial charge in [-0.1, -0.05) is 11.6 Å². The number of benzene rings is 1. The van der Waals surface area contributed by atoms with Crippen molar-refractivity contribution < 1.29 is 4.79 Å². The van der Waals surface area contributed by atoms with E-state index in [9.17, 15) is 4.79 Å². The summed E-state index contributed by atoms with van der Waals surface area (Å²) in [4.78, 5) is 15.4.